The molecular weight excluding hydrogens is 520 g/mol. The number of para-hydroxylation sites is 1. The summed E-state index contributed by atoms with van der Waals surface area (Å²) in [5.41, 5.74) is 1.17. The maximum atomic E-state index is 13.9. The molecule has 200 valence electrons. The van der Waals surface area contributed by atoms with Crippen LogP contribution in [0.5, 0.6) is 11.5 Å². The zero-order valence-corrected chi connectivity index (χ0v) is 22.5. The largest absolute Gasteiger partial charge is 0.490 e. The highest BCUT2D eigenvalue weighted by Crippen LogP contribution is 2.44. The van der Waals surface area contributed by atoms with E-state index < -0.39 is 17.9 Å². The zero-order chi connectivity index (χ0) is 27.7. The predicted molar refractivity (Wildman–Crippen MR) is 147 cm³/mol. The Balaban J connectivity index is 1.72. The van der Waals surface area contributed by atoms with Crippen molar-refractivity contribution in [2.45, 2.75) is 26.8 Å². The van der Waals surface area contributed by atoms with Gasteiger partial charge in [-0.1, -0.05) is 42.2 Å². The van der Waals surface area contributed by atoms with Gasteiger partial charge in [0.25, 0.3) is 5.91 Å². The fraction of sp³-hybridized carbons (Fsp3) is 0.241. The topological polar surface area (TPSA) is 108 Å². The molecule has 1 atom stereocenters. The van der Waals surface area contributed by atoms with Gasteiger partial charge in [0, 0.05) is 0 Å². The van der Waals surface area contributed by atoms with Crippen molar-refractivity contribution in [3.63, 3.8) is 0 Å². The molecule has 1 amide bonds. The molecule has 1 aliphatic heterocycles. The maximum absolute atomic E-state index is 13.9. The van der Waals surface area contributed by atoms with Gasteiger partial charge in [-0.3, -0.25) is 14.5 Å². The van der Waals surface area contributed by atoms with Crippen LogP contribution in [0.4, 0.5) is 5.13 Å². The first-order valence-corrected chi connectivity index (χ1v) is 13.2. The predicted octanol–water partition coefficient (Wildman–Crippen LogP) is 5.45. The van der Waals surface area contributed by atoms with Crippen LogP contribution in [0.3, 0.4) is 0 Å². The number of nitrogens with zero attached hydrogens (tertiary/aromatic N) is 2. The van der Waals surface area contributed by atoms with E-state index >= 15 is 0 Å². The van der Waals surface area contributed by atoms with Gasteiger partial charge in [0.05, 0.1) is 35.9 Å². The summed E-state index contributed by atoms with van der Waals surface area (Å²) >= 11 is 1.01. The SMILES string of the molecule is C=CCOC(=O)c1sc(N2C(=O)c3oc4ccccc4c(=O)c3[C@@H]2c2ccc(OCC)c(OCC)c2)nc1C. The molecule has 5 rings (SSSR count). The number of thiazole rings is 1. The van der Waals surface area contributed by atoms with Gasteiger partial charge in [-0.2, -0.15) is 0 Å². The highest BCUT2D eigenvalue weighted by atomic mass is 32.1. The standard InChI is InChI=1S/C29H26N2O7S/c1-5-14-37-28(34)26-16(4)30-29(39-26)31-23(17-12-13-20(35-6-2)21(15-17)36-7-3)22-24(32)18-10-8-9-11-19(18)38-25(22)27(31)33/h5,8-13,15,23H,1,6-7,14H2,2-4H3/t23-/m0/s1. The Labute approximate surface area is 228 Å². The molecule has 9 nitrogen and oxygen atoms in total. The van der Waals surface area contributed by atoms with E-state index in [0.29, 0.717) is 46.9 Å². The summed E-state index contributed by atoms with van der Waals surface area (Å²) in [6.07, 6.45) is 1.47. The molecule has 2 aromatic heterocycles. The Morgan fingerprint density at radius 2 is 1.87 bits per heavy atom. The van der Waals surface area contributed by atoms with Gasteiger partial charge < -0.3 is 18.6 Å². The van der Waals surface area contributed by atoms with Gasteiger partial charge in [0.2, 0.25) is 5.76 Å². The summed E-state index contributed by atoms with van der Waals surface area (Å²) in [6.45, 7) is 9.82. The molecule has 0 radical (unpaired) electrons. The molecule has 1 aliphatic rings. The Kier molecular flexibility index (Phi) is 7.21. The van der Waals surface area contributed by atoms with Crippen LogP contribution in [0.2, 0.25) is 0 Å². The molecule has 2 aromatic carbocycles. The summed E-state index contributed by atoms with van der Waals surface area (Å²) in [7, 11) is 0. The molecule has 0 spiro atoms. The van der Waals surface area contributed by atoms with E-state index in [4.69, 9.17) is 18.6 Å². The molecule has 0 fully saturated rings. The number of esters is 1. The normalized spacial score (nSPS) is 14.4. The fourth-order valence-corrected chi connectivity index (χ4v) is 5.53. The van der Waals surface area contributed by atoms with Crippen LogP contribution in [-0.4, -0.2) is 36.7 Å². The number of fused-ring (bicyclic) bond motifs is 2. The van der Waals surface area contributed by atoms with Crippen molar-refractivity contribution in [1.29, 1.82) is 0 Å². The second-order valence-corrected chi connectivity index (χ2v) is 9.60. The number of aryl methyl sites for hydroxylation is 1. The molecule has 0 aliphatic carbocycles. The number of carbonyl (C=O) groups is 2. The number of benzene rings is 2. The summed E-state index contributed by atoms with van der Waals surface area (Å²) in [4.78, 5) is 46.5. The van der Waals surface area contributed by atoms with Gasteiger partial charge in [-0.05, 0) is 50.6 Å². The number of ether oxygens (including phenoxy) is 3. The van der Waals surface area contributed by atoms with Gasteiger partial charge in [0.1, 0.15) is 17.1 Å². The average molecular weight is 547 g/mol. The summed E-state index contributed by atoms with van der Waals surface area (Å²) in [6, 6.07) is 11.2. The zero-order valence-electron chi connectivity index (χ0n) is 21.7. The second kappa shape index (κ2) is 10.7. The van der Waals surface area contributed by atoms with Crippen molar-refractivity contribution >= 4 is 39.3 Å². The van der Waals surface area contributed by atoms with Crippen LogP contribution in [-0.2, 0) is 4.74 Å². The second-order valence-electron chi connectivity index (χ2n) is 8.62. The third-order valence-electron chi connectivity index (χ3n) is 6.17. The lowest BCUT2D eigenvalue weighted by Crippen LogP contribution is -2.29. The number of hydrogen-bond donors (Lipinski definition) is 0. The lowest BCUT2D eigenvalue weighted by molar-refractivity contribution is 0.0554. The Morgan fingerprint density at radius 3 is 2.62 bits per heavy atom. The first-order valence-electron chi connectivity index (χ1n) is 12.4. The first-order chi connectivity index (χ1) is 18.9. The Bertz CT molecular complexity index is 1660. The average Bonchev–Trinajstić information content (AvgIpc) is 3.46. The lowest BCUT2D eigenvalue weighted by Gasteiger charge is -2.23. The van der Waals surface area contributed by atoms with Crippen molar-refractivity contribution in [3.8, 4) is 11.5 Å². The summed E-state index contributed by atoms with van der Waals surface area (Å²) < 4.78 is 22.7. The molecule has 0 saturated heterocycles. The van der Waals surface area contributed by atoms with E-state index in [-0.39, 0.29) is 33.4 Å². The monoisotopic (exact) mass is 546 g/mol. The number of rotatable bonds is 9. The van der Waals surface area contributed by atoms with E-state index in [1.807, 2.05) is 13.8 Å². The quantitative estimate of drug-likeness (QED) is 0.202. The van der Waals surface area contributed by atoms with Crippen LogP contribution < -0.4 is 19.8 Å². The van der Waals surface area contributed by atoms with Crippen molar-refractivity contribution in [1.82, 2.24) is 4.98 Å². The minimum atomic E-state index is -0.883. The smallest absolute Gasteiger partial charge is 0.350 e. The highest BCUT2D eigenvalue weighted by molar-refractivity contribution is 7.17. The van der Waals surface area contributed by atoms with Crippen molar-refractivity contribution < 1.29 is 28.2 Å². The first kappa shape index (κ1) is 26.2. The van der Waals surface area contributed by atoms with E-state index in [0.717, 1.165) is 11.3 Å². The fourth-order valence-electron chi connectivity index (χ4n) is 4.54. The number of aromatic nitrogens is 1. The van der Waals surface area contributed by atoms with Crippen LogP contribution in [0.25, 0.3) is 11.0 Å². The summed E-state index contributed by atoms with van der Waals surface area (Å²) in [5, 5.41) is 0.589. The van der Waals surface area contributed by atoms with E-state index in [1.54, 1.807) is 49.4 Å². The Hall–Kier alpha value is -4.44. The molecule has 0 N–H and O–H groups in total. The van der Waals surface area contributed by atoms with Crippen molar-refractivity contribution in [2.75, 3.05) is 24.7 Å². The molecule has 0 bridgehead atoms. The van der Waals surface area contributed by atoms with Crippen LogP contribution in [0.15, 0.2) is 64.3 Å². The van der Waals surface area contributed by atoms with Gasteiger partial charge >= 0.3 is 5.97 Å². The van der Waals surface area contributed by atoms with Crippen molar-refractivity contribution in [2.24, 2.45) is 0 Å². The van der Waals surface area contributed by atoms with E-state index in [2.05, 4.69) is 11.6 Å². The van der Waals surface area contributed by atoms with Crippen LogP contribution in [0.1, 0.15) is 56.9 Å². The molecule has 39 heavy (non-hydrogen) atoms. The molecule has 4 aromatic rings. The molecule has 10 heteroatoms. The number of amides is 1. The van der Waals surface area contributed by atoms with E-state index in [1.165, 1.54) is 11.0 Å². The minimum Gasteiger partial charge on any atom is -0.490 e. The maximum Gasteiger partial charge on any atom is 0.350 e. The third-order valence-corrected chi connectivity index (χ3v) is 7.31. The molecule has 0 unspecified atom stereocenters. The van der Waals surface area contributed by atoms with E-state index in [9.17, 15) is 14.4 Å². The minimum absolute atomic E-state index is 0.0413. The van der Waals surface area contributed by atoms with Gasteiger partial charge in [-0.25, -0.2) is 9.78 Å². The summed E-state index contributed by atoms with van der Waals surface area (Å²) in [5.74, 6) is -0.158. The van der Waals surface area contributed by atoms with Crippen molar-refractivity contribution in [3.05, 3.63) is 92.8 Å². The number of carbonyl (C=O) groups excluding carboxylic acids is 2. The molecular formula is C29H26N2O7S. The highest BCUT2D eigenvalue weighted by Gasteiger charge is 2.45. The Morgan fingerprint density at radius 1 is 1.13 bits per heavy atom. The van der Waals surface area contributed by atoms with Gasteiger partial charge in [-0.15, -0.1) is 0 Å². The molecule has 3 heterocycles. The lowest BCUT2D eigenvalue weighted by atomic mass is 9.98. The molecule has 0 saturated carbocycles. The van der Waals surface area contributed by atoms with Crippen LogP contribution >= 0.6 is 11.3 Å². The third kappa shape index (κ3) is 4.57. The van der Waals surface area contributed by atoms with Crippen LogP contribution in [0, 0.1) is 6.92 Å². The van der Waals surface area contributed by atoms with Gasteiger partial charge in [0.15, 0.2) is 22.1 Å². The number of anilines is 1. The number of hydrogen-bond acceptors (Lipinski definition) is 9.